The van der Waals surface area contributed by atoms with Gasteiger partial charge in [0.15, 0.2) is 5.78 Å². The number of carbonyl (C=O) groups excluding carboxylic acids is 2. The van der Waals surface area contributed by atoms with Crippen LogP contribution in [-0.4, -0.2) is 18.4 Å². The van der Waals surface area contributed by atoms with Crippen LogP contribution < -0.4 is 0 Å². The van der Waals surface area contributed by atoms with Crippen LogP contribution in [0.5, 0.6) is 0 Å². The summed E-state index contributed by atoms with van der Waals surface area (Å²) in [5.74, 6) is 4.50. The first-order valence-corrected chi connectivity index (χ1v) is 14.2. The lowest BCUT2D eigenvalue weighted by Crippen LogP contribution is -2.60. The molecule has 0 aromatic rings. The van der Waals surface area contributed by atoms with Gasteiger partial charge in [-0.05, 0) is 117 Å². The van der Waals surface area contributed by atoms with Crippen LogP contribution in [0, 0.1) is 51.8 Å². The first-order valence-electron chi connectivity index (χ1n) is 14.2. The zero-order valence-corrected chi connectivity index (χ0v) is 21.5. The molecule has 0 N–H and O–H groups in total. The number of allylic oxidation sites excluding steroid dienone is 1. The molecule has 184 valence electrons. The molecule has 3 nitrogen and oxygen atoms in total. The monoisotopic (exact) mass is 454 g/mol. The molecule has 0 aliphatic heterocycles. The second-order valence-corrected chi connectivity index (χ2v) is 13.1. The Kier molecular flexibility index (Phi) is 6.10. The quantitative estimate of drug-likeness (QED) is 0.335. The molecular weight excluding hydrogens is 408 g/mol. The minimum atomic E-state index is -0.384. The van der Waals surface area contributed by atoms with Gasteiger partial charge < -0.3 is 4.74 Å². The van der Waals surface area contributed by atoms with Gasteiger partial charge in [-0.1, -0.05) is 40.0 Å². The molecule has 3 heteroatoms. The zero-order chi connectivity index (χ0) is 23.4. The summed E-state index contributed by atoms with van der Waals surface area (Å²) in [5, 5.41) is 0. The van der Waals surface area contributed by atoms with Gasteiger partial charge in [-0.15, -0.1) is 0 Å². The molecule has 33 heavy (non-hydrogen) atoms. The van der Waals surface area contributed by atoms with Crippen LogP contribution in [0.2, 0.25) is 0 Å². The van der Waals surface area contributed by atoms with Crippen LogP contribution in [0.3, 0.4) is 0 Å². The molecule has 0 saturated heterocycles. The van der Waals surface area contributed by atoms with Gasteiger partial charge in [-0.2, -0.15) is 0 Å². The third-order valence-electron chi connectivity index (χ3n) is 12.1. The maximum Gasteiger partial charge on any atom is 0.330 e. The zero-order valence-electron chi connectivity index (χ0n) is 21.5. The summed E-state index contributed by atoms with van der Waals surface area (Å²) in [6, 6.07) is 0. The number of fused-ring (bicyclic) bond motifs is 7. The average Bonchev–Trinajstić information content (AvgIpc) is 3.23. The minimum absolute atomic E-state index is 0.209. The molecule has 0 aromatic carbocycles. The molecule has 0 spiro atoms. The Morgan fingerprint density at radius 2 is 1.55 bits per heavy atom. The maximum absolute atomic E-state index is 13.5. The van der Waals surface area contributed by atoms with Crippen LogP contribution in [-0.2, 0) is 14.3 Å². The van der Waals surface area contributed by atoms with E-state index in [2.05, 4.69) is 20.8 Å². The highest BCUT2D eigenvalue weighted by molar-refractivity contribution is 5.99. The number of ether oxygens (including phenoxy) is 1. The van der Waals surface area contributed by atoms with Crippen LogP contribution in [0.25, 0.3) is 0 Å². The van der Waals surface area contributed by atoms with Crippen molar-refractivity contribution in [3.05, 3.63) is 12.2 Å². The fourth-order valence-corrected chi connectivity index (χ4v) is 10.8. The van der Waals surface area contributed by atoms with Crippen molar-refractivity contribution in [2.45, 2.75) is 105 Å². The molecule has 9 atom stereocenters. The van der Waals surface area contributed by atoms with E-state index in [4.69, 9.17) is 4.74 Å². The van der Waals surface area contributed by atoms with E-state index in [9.17, 15) is 9.59 Å². The van der Waals surface area contributed by atoms with Crippen molar-refractivity contribution in [3.8, 4) is 0 Å². The van der Waals surface area contributed by atoms with Crippen molar-refractivity contribution < 1.29 is 14.3 Å². The summed E-state index contributed by atoms with van der Waals surface area (Å²) in [7, 11) is 0. The van der Waals surface area contributed by atoms with Crippen LogP contribution in [0.1, 0.15) is 105 Å². The van der Waals surface area contributed by atoms with Gasteiger partial charge in [0.2, 0.25) is 0 Å². The van der Waals surface area contributed by atoms with Gasteiger partial charge in [-0.25, -0.2) is 4.79 Å². The Bertz CT molecular complexity index is 815. The average molecular weight is 455 g/mol. The Morgan fingerprint density at radius 3 is 2.33 bits per heavy atom. The van der Waals surface area contributed by atoms with Crippen molar-refractivity contribution in [3.63, 3.8) is 0 Å². The third-order valence-corrected chi connectivity index (χ3v) is 12.1. The van der Waals surface area contributed by atoms with Gasteiger partial charge in [0.05, 0.1) is 6.61 Å². The van der Waals surface area contributed by atoms with Gasteiger partial charge in [0.1, 0.15) is 0 Å². The maximum atomic E-state index is 13.5. The van der Waals surface area contributed by atoms with Gasteiger partial charge >= 0.3 is 5.97 Å². The van der Waals surface area contributed by atoms with Gasteiger partial charge in [0.25, 0.3) is 0 Å². The standard InChI is InChI=1S/C30H46O3/c1-5-33-27(32)13-12-26(31)30-17-7-9-24(30)21-10-11-25-28(3)16-6-8-20(2)22(28)14-18-29(25,4)23(21)15-19-30/h12-13,20-25H,5-11,14-19H2,1-4H3/b13-12+/t20-,21?,22?,23?,24?,25?,28-,29-,30-/m0/s1. The van der Waals surface area contributed by atoms with E-state index in [1.165, 1.54) is 70.3 Å². The lowest BCUT2D eigenvalue weighted by atomic mass is 9.37. The van der Waals surface area contributed by atoms with Crippen LogP contribution in [0.4, 0.5) is 0 Å². The number of hydrogen-bond donors (Lipinski definition) is 0. The van der Waals surface area contributed by atoms with Crippen molar-refractivity contribution >= 4 is 11.8 Å². The molecule has 5 saturated carbocycles. The number of rotatable bonds is 4. The largest absolute Gasteiger partial charge is 0.463 e. The highest BCUT2D eigenvalue weighted by Gasteiger charge is 2.64. The molecule has 5 aliphatic rings. The van der Waals surface area contributed by atoms with Crippen molar-refractivity contribution in [2.75, 3.05) is 6.61 Å². The van der Waals surface area contributed by atoms with Gasteiger partial charge in [-0.3, -0.25) is 4.79 Å². The second-order valence-electron chi connectivity index (χ2n) is 13.1. The fourth-order valence-electron chi connectivity index (χ4n) is 10.8. The summed E-state index contributed by atoms with van der Waals surface area (Å²) >= 11 is 0. The highest BCUT2D eigenvalue weighted by atomic mass is 16.5. The number of ketones is 1. The smallest absolute Gasteiger partial charge is 0.330 e. The van der Waals surface area contributed by atoms with Crippen molar-refractivity contribution in [1.29, 1.82) is 0 Å². The first-order chi connectivity index (χ1) is 15.8. The second kappa shape index (κ2) is 8.52. The summed E-state index contributed by atoms with van der Waals surface area (Å²) < 4.78 is 5.03. The summed E-state index contributed by atoms with van der Waals surface area (Å²) in [6.45, 7) is 10.0. The van der Waals surface area contributed by atoms with Crippen molar-refractivity contribution in [2.24, 2.45) is 51.8 Å². The molecule has 5 aliphatic carbocycles. The Morgan fingerprint density at radius 1 is 0.818 bits per heavy atom. The molecule has 0 amide bonds. The van der Waals surface area contributed by atoms with Gasteiger partial charge in [0, 0.05) is 11.5 Å². The minimum Gasteiger partial charge on any atom is -0.463 e. The van der Waals surface area contributed by atoms with E-state index in [1.807, 2.05) is 0 Å². The predicted molar refractivity (Wildman–Crippen MR) is 131 cm³/mol. The lowest BCUT2D eigenvalue weighted by molar-refractivity contribution is -0.183. The summed E-state index contributed by atoms with van der Waals surface area (Å²) in [6.07, 6.45) is 18.4. The van der Waals surface area contributed by atoms with E-state index in [0.29, 0.717) is 29.3 Å². The molecular formula is C30H46O3. The summed E-state index contributed by atoms with van der Waals surface area (Å²) in [5.41, 5.74) is 0.760. The predicted octanol–water partition coefficient (Wildman–Crippen LogP) is 7.14. The molecule has 0 aromatic heterocycles. The molecule has 5 fully saturated rings. The molecule has 0 bridgehead atoms. The molecule has 0 radical (unpaired) electrons. The number of carbonyl (C=O) groups is 2. The van der Waals surface area contributed by atoms with Crippen molar-refractivity contribution in [1.82, 2.24) is 0 Å². The third kappa shape index (κ3) is 3.49. The lowest BCUT2D eigenvalue weighted by Gasteiger charge is -2.67. The summed E-state index contributed by atoms with van der Waals surface area (Å²) in [4.78, 5) is 25.4. The van der Waals surface area contributed by atoms with E-state index in [1.54, 1.807) is 13.0 Å². The highest BCUT2D eigenvalue weighted by Crippen LogP contribution is 2.71. The van der Waals surface area contributed by atoms with Crippen LogP contribution in [0.15, 0.2) is 12.2 Å². The van der Waals surface area contributed by atoms with Crippen LogP contribution >= 0.6 is 0 Å². The Hall–Kier alpha value is -1.12. The molecule has 5 rings (SSSR count). The Balaban J connectivity index is 1.39. The van der Waals surface area contributed by atoms with E-state index in [-0.39, 0.29) is 17.2 Å². The van der Waals surface area contributed by atoms with E-state index < -0.39 is 0 Å². The molecule has 0 heterocycles. The van der Waals surface area contributed by atoms with E-state index >= 15 is 0 Å². The normalized spacial score (nSPS) is 49.0. The Labute approximate surface area is 201 Å². The topological polar surface area (TPSA) is 43.4 Å². The SMILES string of the molecule is CCOC(=O)/C=C/C(=O)[C@]12CCCC1C1CCC3[C@@](C)(CCC4[C@@H](C)CCC[C@@]43C)C1CC2. The van der Waals surface area contributed by atoms with E-state index in [0.717, 1.165) is 36.5 Å². The molecule has 5 unspecified atom stereocenters. The number of hydrogen-bond acceptors (Lipinski definition) is 3. The number of esters is 1. The first kappa shape index (κ1) is 23.6. The fraction of sp³-hybridized carbons (Fsp3) is 0.867.